The normalized spacial score (nSPS) is 22.2. The lowest BCUT2D eigenvalue weighted by molar-refractivity contribution is -0.384. The number of rotatable bonds is 5. The van der Waals surface area contributed by atoms with E-state index in [1.165, 1.54) is 13.2 Å². The van der Waals surface area contributed by atoms with Crippen LogP contribution < -0.4 is 10.1 Å². The fourth-order valence-corrected chi connectivity index (χ4v) is 2.48. The van der Waals surface area contributed by atoms with E-state index in [9.17, 15) is 10.1 Å². The molecule has 1 aliphatic rings. The van der Waals surface area contributed by atoms with Gasteiger partial charge in [0.15, 0.2) is 0 Å². The van der Waals surface area contributed by atoms with Crippen molar-refractivity contribution in [2.24, 2.45) is 0 Å². The van der Waals surface area contributed by atoms with Gasteiger partial charge in [0.1, 0.15) is 11.4 Å². The van der Waals surface area contributed by atoms with E-state index in [-0.39, 0.29) is 17.8 Å². The molecule has 1 N–H and O–H groups in total. The van der Waals surface area contributed by atoms with Crippen LogP contribution >= 0.6 is 0 Å². The van der Waals surface area contributed by atoms with Crippen LogP contribution in [0.1, 0.15) is 19.3 Å². The van der Waals surface area contributed by atoms with E-state index in [2.05, 4.69) is 5.32 Å². The van der Waals surface area contributed by atoms with Gasteiger partial charge in [-0.05, 0) is 31.4 Å². The molecule has 19 heavy (non-hydrogen) atoms. The number of hydrogen-bond acceptors (Lipinski definition) is 5. The lowest BCUT2D eigenvalue weighted by Gasteiger charge is -2.20. The first-order valence-electron chi connectivity index (χ1n) is 6.27. The summed E-state index contributed by atoms with van der Waals surface area (Å²) < 4.78 is 10.4. The Kier molecular flexibility index (Phi) is 4.21. The van der Waals surface area contributed by atoms with E-state index >= 15 is 0 Å². The number of benzene rings is 1. The molecule has 2 rings (SSSR count). The summed E-state index contributed by atoms with van der Waals surface area (Å²) in [6.45, 7) is 0. The molecule has 0 bridgehead atoms. The van der Waals surface area contributed by atoms with Crippen LogP contribution in [0.5, 0.6) is 5.75 Å². The maximum absolute atomic E-state index is 11.1. The fraction of sp³-hybridized carbons (Fsp3) is 0.538. The second kappa shape index (κ2) is 5.88. The molecule has 6 nitrogen and oxygen atoms in total. The van der Waals surface area contributed by atoms with Gasteiger partial charge >= 0.3 is 0 Å². The van der Waals surface area contributed by atoms with E-state index in [0.29, 0.717) is 11.4 Å². The van der Waals surface area contributed by atoms with Crippen LogP contribution in [0.4, 0.5) is 11.4 Å². The van der Waals surface area contributed by atoms with Gasteiger partial charge in [0.25, 0.3) is 5.69 Å². The van der Waals surface area contributed by atoms with Gasteiger partial charge in [-0.15, -0.1) is 0 Å². The molecule has 0 spiro atoms. The van der Waals surface area contributed by atoms with E-state index in [1.807, 2.05) is 0 Å². The van der Waals surface area contributed by atoms with Gasteiger partial charge in [0.05, 0.1) is 30.2 Å². The number of nitro benzene ring substituents is 1. The minimum atomic E-state index is -0.401. The van der Waals surface area contributed by atoms with Crippen molar-refractivity contribution in [3.05, 3.63) is 28.3 Å². The maximum atomic E-state index is 11.1. The van der Waals surface area contributed by atoms with Gasteiger partial charge in [0.2, 0.25) is 0 Å². The highest BCUT2D eigenvalue weighted by Crippen LogP contribution is 2.32. The molecule has 0 aromatic heterocycles. The number of hydrogen-bond donors (Lipinski definition) is 1. The second-order valence-corrected chi connectivity index (χ2v) is 4.60. The van der Waals surface area contributed by atoms with Crippen molar-refractivity contribution in [1.29, 1.82) is 0 Å². The summed E-state index contributed by atoms with van der Waals surface area (Å²) in [5.74, 6) is 0.479. The Morgan fingerprint density at radius 1 is 1.37 bits per heavy atom. The number of methoxy groups -OCH3 is 2. The third kappa shape index (κ3) is 2.96. The zero-order valence-electron chi connectivity index (χ0n) is 11.1. The quantitative estimate of drug-likeness (QED) is 0.655. The van der Waals surface area contributed by atoms with E-state index in [1.54, 1.807) is 19.2 Å². The Hall–Kier alpha value is -1.82. The number of nitro groups is 1. The molecule has 1 aliphatic carbocycles. The predicted molar refractivity (Wildman–Crippen MR) is 71.7 cm³/mol. The van der Waals surface area contributed by atoms with Crippen LogP contribution in [-0.2, 0) is 4.74 Å². The SMILES string of the molecule is COc1ccc(NC2CCCC2OC)c([N+](=O)[O-])c1. The molecule has 6 heteroatoms. The van der Waals surface area contributed by atoms with Gasteiger partial charge in [-0.3, -0.25) is 10.1 Å². The highest BCUT2D eigenvalue weighted by atomic mass is 16.6. The summed E-state index contributed by atoms with van der Waals surface area (Å²) >= 11 is 0. The van der Waals surface area contributed by atoms with E-state index in [0.717, 1.165) is 19.3 Å². The van der Waals surface area contributed by atoms with E-state index in [4.69, 9.17) is 9.47 Å². The Morgan fingerprint density at radius 2 is 2.16 bits per heavy atom. The molecule has 0 radical (unpaired) electrons. The molecular weight excluding hydrogens is 248 g/mol. The minimum absolute atomic E-state index is 0.0288. The molecule has 1 saturated carbocycles. The molecule has 104 valence electrons. The van der Waals surface area contributed by atoms with Crippen molar-refractivity contribution < 1.29 is 14.4 Å². The summed E-state index contributed by atoms with van der Waals surface area (Å²) in [7, 11) is 3.16. The molecule has 1 aromatic rings. The third-order valence-electron chi connectivity index (χ3n) is 3.50. The zero-order valence-corrected chi connectivity index (χ0v) is 11.1. The topological polar surface area (TPSA) is 73.6 Å². The predicted octanol–water partition coefficient (Wildman–Crippen LogP) is 2.58. The summed E-state index contributed by atoms with van der Waals surface area (Å²) in [6.07, 6.45) is 3.13. The first-order chi connectivity index (χ1) is 9.15. The summed E-state index contributed by atoms with van der Waals surface area (Å²) in [4.78, 5) is 10.7. The maximum Gasteiger partial charge on any atom is 0.296 e. The monoisotopic (exact) mass is 266 g/mol. The average molecular weight is 266 g/mol. The zero-order chi connectivity index (χ0) is 13.8. The van der Waals surface area contributed by atoms with Crippen molar-refractivity contribution in [3.63, 3.8) is 0 Å². The summed E-state index contributed by atoms with van der Waals surface area (Å²) in [6, 6.07) is 4.95. The van der Waals surface area contributed by atoms with Crippen LogP contribution in [0.15, 0.2) is 18.2 Å². The number of nitrogens with one attached hydrogen (secondary N) is 1. The largest absolute Gasteiger partial charge is 0.496 e. The van der Waals surface area contributed by atoms with Crippen molar-refractivity contribution in [2.75, 3.05) is 19.5 Å². The average Bonchev–Trinajstić information content (AvgIpc) is 2.86. The molecule has 1 aromatic carbocycles. The molecule has 2 unspecified atom stereocenters. The Bertz CT molecular complexity index is 464. The highest BCUT2D eigenvalue weighted by molar-refractivity contribution is 5.64. The Morgan fingerprint density at radius 3 is 2.79 bits per heavy atom. The van der Waals surface area contributed by atoms with E-state index < -0.39 is 4.92 Å². The summed E-state index contributed by atoms with van der Waals surface area (Å²) in [5.41, 5.74) is 0.542. The number of nitrogens with zero attached hydrogens (tertiary/aromatic N) is 1. The van der Waals surface area contributed by atoms with Crippen LogP contribution in [0.2, 0.25) is 0 Å². The fourth-order valence-electron chi connectivity index (χ4n) is 2.48. The van der Waals surface area contributed by atoms with Crippen molar-refractivity contribution in [2.45, 2.75) is 31.4 Å². The van der Waals surface area contributed by atoms with Crippen molar-refractivity contribution in [1.82, 2.24) is 0 Å². The Labute approximate surface area is 111 Å². The Balaban J connectivity index is 2.21. The molecule has 2 atom stereocenters. The molecule has 0 aliphatic heterocycles. The molecular formula is C13H18N2O4. The van der Waals surface area contributed by atoms with Crippen LogP contribution in [0.3, 0.4) is 0 Å². The van der Waals surface area contributed by atoms with Crippen molar-refractivity contribution >= 4 is 11.4 Å². The summed E-state index contributed by atoms with van der Waals surface area (Å²) in [5, 5.41) is 14.3. The third-order valence-corrected chi connectivity index (χ3v) is 3.50. The highest BCUT2D eigenvalue weighted by Gasteiger charge is 2.28. The molecule has 0 saturated heterocycles. The van der Waals surface area contributed by atoms with Gasteiger partial charge in [-0.2, -0.15) is 0 Å². The van der Waals surface area contributed by atoms with Crippen LogP contribution in [0.25, 0.3) is 0 Å². The smallest absolute Gasteiger partial charge is 0.296 e. The van der Waals surface area contributed by atoms with Gasteiger partial charge in [0, 0.05) is 7.11 Å². The van der Waals surface area contributed by atoms with Crippen molar-refractivity contribution in [3.8, 4) is 5.75 Å². The second-order valence-electron chi connectivity index (χ2n) is 4.60. The number of ether oxygens (including phenoxy) is 2. The molecule has 1 fully saturated rings. The number of anilines is 1. The first kappa shape index (κ1) is 13.6. The lowest BCUT2D eigenvalue weighted by Crippen LogP contribution is -2.29. The molecule has 0 heterocycles. The minimum Gasteiger partial charge on any atom is -0.496 e. The van der Waals surface area contributed by atoms with Crippen LogP contribution in [0, 0.1) is 10.1 Å². The van der Waals surface area contributed by atoms with Gasteiger partial charge in [-0.1, -0.05) is 0 Å². The first-order valence-corrected chi connectivity index (χ1v) is 6.27. The lowest BCUT2D eigenvalue weighted by atomic mass is 10.1. The van der Waals surface area contributed by atoms with Crippen LogP contribution in [-0.4, -0.2) is 31.3 Å². The standard InChI is InChI=1S/C13H18N2O4/c1-18-9-6-7-10(12(8-9)15(16)17)14-11-4-3-5-13(11)19-2/h6-8,11,13-14H,3-5H2,1-2H3. The van der Waals surface area contributed by atoms with Gasteiger partial charge < -0.3 is 14.8 Å². The molecule has 0 amide bonds. The van der Waals surface area contributed by atoms with Gasteiger partial charge in [-0.25, -0.2) is 0 Å².